The van der Waals surface area contributed by atoms with Crippen LogP contribution in [0.25, 0.3) is 11.1 Å². The molecule has 15 heavy (non-hydrogen) atoms. The van der Waals surface area contributed by atoms with Crippen LogP contribution in [0.15, 0.2) is 36.5 Å². The molecule has 0 aliphatic rings. The summed E-state index contributed by atoms with van der Waals surface area (Å²) in [5.74, 6) is -0.552. The van der Waals surface area contributed by atoms with E-state index in [2.05, 4.69) is 4.98 Å². The Kier molecular flexibility index (Phi) is 2.89. The number of benzene rings is 1. The average Bonchev–Trinajstić information content (AvgIpc) is 2.23. The third kappa shape index (κ3) is 2.28. The lowest BCUT2D eigenvalue weighted by Gasteiger charge is -2.03. The van der Waals surface area contributed by atoms with Gasteiger partial charge in [0.15, 0.2) is 0 Å². The second-order valence-electron chi connectivity index (χ2n) is 2.99. The molecule has 76 valence electrons. The first kappa shape index (κ1) is 10.4. The van der Waals surface area contributed by atoms with Crippen LogP contribution < -0.4 is 0 Å². The molecule has 0 bridgehead atoms. The summed E-state index contributed by atoms with van der Waals surface area (Å²) < 4.78 is 12.9. The van der Waals surface area contributed by atoms with Crippen LogP contribution in [-0.2, 0) is 0 Å². The second-order valence-corrected chi connectivity index (χ2v) is 3.84. The van der Waals surface area contributed by atoms with Gasteiger partial charge in [0.05, 0.1) is 5.02 Å². The van der Waals surface area contributed by atoms with Crippen molar-refractivity contribution in [2.75, 3.05) is 0 Å². The van der Waals surface area contributed by atoms with Crippen LogP contribution >= 0.6 is 23.2 Å². The smallest absolute Gasteiger partial charge is 0.213 e. The monoisotopic (exact) mass is 241 g/mol. The van der Waals surface area contributed by atoms with E-state index in [9.17, 15) is 4.39 Å². The maximum Gasteiger partial charge on any atom is 0.213 e. The SMILES string of the molecule is Fc1cc(-c2ccc(Cl)cc2)c(Cl)cn1. The Bertz CT molecular complexity index is 482. The van der Waals surface area contributed by atoms with Crippen molar-refractivity contribution in [3.05, 3.63) is 52.5 Å². The molecule has 0 radical (unpaired) electrons. The van der Waals surface area contributed by atoms with E-state index in [4.69, 9.17) is 23.2 Å². The van der Waals surface area contributed by atoms with Gasteiger partial charge in [0.1, 0.15) is 0 Å². The minimum Gasteiger partial charge on any atom is -0.227 e. The number of pyridine rings is 1. The predicted molar refractivity (Wildman–Crippen MR) is 59.7 cm³/mol. The van der Waals surface area contributed by atoms with Gasteiger partial charge >= 0.3 is 0 Å². The van der Waals surface area contributed by atoms with Crippen molar-refractivity contribution < 1.29 is 4.39 Å². The Morgan fingerprint density at radius 1 is 1.07 bits per heavy atom. The first-order chi connectivity index (χ1) is 7.16. The van der Waals surface area contributed by atoms with Gasteiger partial charge in [0.2, 0.25) is 5.95 Å². The Morgan fingerprint density at radius 3 is 2.40 bits per heavy atom. The molecule has 0 saturated carbocycles. The number of rotatable bonds is 1. The molecule has 0 N–H and O–H groups in total. The summed E-state index contributed by atoms with van der Waals surface area (Å²) >= 11 is 11.7. The van der Waals surface area contributed by atoms with E-state index >= 15 is 0 Å². The molecular formula is C11H6Cl2FN. The predicted octanol–water partition coefficient (Wildman–Crippen LogP) is 4.19. The normalized spacial score (nSPS) is 10.3. The topological polar surface area (TPSA) is 12.9 Å². The minimum absolute atomic E-state index is 0.415. The summed E-state index contributed by atoms with van der Waals surface area (Å²) in [4.78, 5) is 3.46. The molecule has 4 heteroatoms. The molecule has 1 aromatic heterocycles. The van der Waals surface area contributed by atoms with E-state index in [1.54, 1.807) is 24.3 Å². The lowest BCUT2D eigenvalue weighted by atomic mass is 10.1. The fourth-order valence-corrected chi connectivity index (χ4v) is 1.60. The zero-order valence-electron chi connectivity index (χ0n) is 7.55. The highest BCUT2D eigenvalue weighted by Crippen LogP contribution is 2.28. The van der Waals surface area contributed by atoms with Gasteiger partial charge in [0, 0.05) is 22.8 Å². The maximum atomic E-state index is 12.9. The first-order valence-corrected chi connectivity index (χ1v) is 4.99. The summed E-state index contributed by atoms with van der Waals surface area (Å²) in [5.41, 5.74) is 1.42. The van der Waals surface area contributed by atoms with Crippen molar-refractivity contribution in [2.24, 2.45) is 0 Å². The van der Waals surface area contributed by atoms with Gasteiger partial charge in [-0.05, 0) is 17.7 Å². The summed E-state index contributed by atoms with van der Waals surface area (Å²) in [6.45, 7) is 0. The molecule has 1 aromatic carbocycles. The van der Waals surface area contributed by atoms with Crippen LogP contribution in [0.2, 0.25) is 10.0 Å². The lowest BCUT2D eigenvalue weighted by molar-refractivity contribution is 0.584. The average molecular weight is 242 g/mol. The number of hydrogen-bond acceptors (Lipinski definition) is 1. The second kappa shape index (κ2) is 4.17. The van der Waals surface area contributed by atoms with Crippen molar-refractivity contribution >= 4 is 23.2 Å². The van der Waals surface area contributed by atoms with Crippen molar-refractivity contribution in [2.45, 2.75) is 0 Å². The van der Waals surface area contributed by atoms with Gasteiger partial charge in [-0.1, -0.05) is 35.3 Å². The largest absolute Gasteiger partial charge is 0.227 e. The highest BCUT2D eigenvalue weighted by Gasteiger charge is 2.05. The fourth-order valence-electron chi connectivity index (χ4n) is 1.26. The van der Waals surface area contributed by atoms with Crippen LogP contribution in [0.5, 0.6) is 0 Å². The van der Waals surface area contributed by atoms with Crippen molar-refractivity contribution in [3.8, 4) is 11.1 Å². The van der Waals surface area contributed by atoms with Gasteiger partial charge in [0.25, 0.3) is 0 Å². The molecule has 2 aromatic rings. The zero-order chi connectivity index (χ0) is 10.8. The standard InChI is InChI=1S/C11H6Cl2FN/c12-8-3-1-7(2-4-8)9-5-11(14)15-6-10(9)13/h1-6H. The molecule has 0 spiro atoms. The summed E-state index contributed by atoms with van der Waals surface area (Å²) in [6, 6.07) is 8.31. The molecule has 0 saturated heterocycles. The molecule has 0 atom stereocenters. The van der Waals surface area contributed by atoms with E-state index in [0.717, 1.165) is 5.56 Å². The lowest BCUT2D eigenvalue weighted by Crippen LogP contribution is -1.85. The molecule has 0 fully saturated rings. The molecule has 1 heterocycles. The van der Waals surface area contributed by atoms with Crippen molar-refractivity contribution in [3.63, 3.8) is 0 Å². The Labute approximate surface area is 96.5 Å². The van der Waals surface area contributed by atoms with Gasteiger partial charge in [-0.25, -0.2) is 4.98 Å². The molecule has 2 rings (SSSR count). The Hall–Kier alpha value is -1.12. The van der Waals surface area contributed by atoms with Gasteiger partial charge < -0.3 is 0 Å². The van der Waals surface area contributed by atoms with Gasteiger partial charge in [-0.3, -0.25) is 0 Å². The highest BCUT2D eigenvalue weighted by atomic mass is 35.5. The molecule has 0 amide bonds. The van der Waals surface area contributed by atoms with E-state index in [-0.39, 0.29) is 0 Å². The van der Waals surface area contributed by atoms with E-state index in [0.29, 0.717) is 15.6 Å². The summed E-state index contributed by atoms with van der Waals surface area (Å²) in [7, 11) is 0. The van der Waals surface area contributed by atoms with Crippen molar-refractivity contribution in [1.29, 1.82) is 0 Å². The van der Waals surface area contributed by atoms with Crippen LogP contribution in [0.3, 0.4) is 0 Å². The van der Waals surface area contributed by atoms with Crippen molar-refractivity contribution in [1.82, 2.24) is 4.98 Å². The summed E-state index contributed by atoms with van der Waals surface area (Å²) in [5, 5.41) is 1.04. The quantitative estimate of drug-likeness (QED) is 0.683. The highest BCUT2D eigenvalue weighted by molar-refractivity contribution is 6.33. The molecule has 0 aliphatic carbocycles. The summed E-state index contributed by atoms with van der Waals surface area (Å²) in [6.07, 6.45) is 1.29. The van der Waals surface area contributed by atoms with E-state index in [1.807, 2.05) is 0 Å². The third-order valence-corrected chi connectivity index (χ3v) is 2.53. The molecular weight excluding hydrogens is 236 g/mol. The van der Waals surface area contributed by atoms with Crippen LogP contribution in [0, 0.1) is 5.95 Å². The van der Waals surface area contributed by atoms with E-state index < -0.39 is 5.95 Å². The van der Waals surface area contributed by atoms with Crippen LogP contribution in [-0.4, -0.2) is 4.98 Å². The number of nitrogens with zero attached hydrogens (tertiary/aromatic N) is 1. The van der Waals surface area contributed by atoms with Crippen LogP contribution in [0.1, 0.15) is 0 Å². The molecule has 1 nitrogen and oxygen atoms in total. The number of aromatic nitrogens is 1. The molecule has 0 aliphatic heterocycles. The zero-order valence-corrected chi connectivity index (χ0v) is 9.06. The van der Waals surface area contributed by atoms with E-state index in [1.165, 1.54) is 12.3 Å². The van der Waals surface area contributed by atoms with Gasteiger partial charge in [-0.15, -0.1) is 0 Å². The van der Waals surface area contributed by atoms with Crippen LogP contribution in [0.4, 0.5) is 4.39 Å². The van der Waals surface area contributed by atoms with Gasteiger partial charge in [-0.2, -0.15) is 4.39 Å². The third-order valence-electron chi connectivity index (χ3n) is 1.98. The fraction of sp³-hybridized carbons (Fsp3) is 0. The number of hydrogen-bond donors (Lipinski definition) is 0. The number of halogens is 3. The Morgan fingerprint density at radius 2 is 1.73 bits per heavy atom. The Balaban J connectivity index is 2.53. The molecule has 0 unspecified atom stereocenters. The minimum atomic E-state index is -0.552. The first-order valence-electron chi connectivity index (χ1n) is 4.24. The maximum absolute atomic E-state index is 12.9.